The molecule has 2 N–H and O–H groups in total. The van der Waals surface area contributed by atoms with Gasteiger partial charge in [0.15, 0.2) is 0 Å². The molecule has 0 saturated heterocycles. The minimum absolute atomic E-state index is 0.239. The molecule has 122 valence electrons. The second-order valence-electron chi connectivity index (χ2n) is 4.45. The molecule has 1 aromatic carbocycles. The van der Waals surface area contributed by atoms with Gasteiger partial charge in [-0.25, -0.2) is 0 Å². The molecule has 0 radical (unpaired) electrons. The predicted octanol–water partition coefficient (Wildman–Crippen LogP) is 6.19. The summed E-state index contributed by atoms with van der Waals surface area (Å²) in [5.41, 5.74) is 1.13. The minimum Gasteiger partial charge on any atom is -0.508 e. The quantitative estimate of drug-likeness (QED) is 0.696. The zero-order valence-corrected chi connectivity index (χ0v) is 14.7. The largest absolute Gasteiger partial charge is 0.508 e. The number of rotatable bonds is 3. The summed E-state index contributed by atoms with van der Waals surface area (Å²) in [4.78, 5) is 0. The fraction of sp³-hybridized carbons (Fsp3) is 0.579. The van der Waals surface area contributed by atoms with Gasteiger partial charge in [-0.2, -0.15) is 0 Å². The molecule has 2 rings (SSSR count). The highest BCUT2D eigenvalue weighted by molar-refractivity contribution is 5.27. The van der Waals surface area contributed by atoms with Gasteiger partial charge in [-0.05, 0) is 30.8 Å². The van der Waals surface area contributed by atoms with E-state index in [0.29, 0.717) is 5.75 Å². The first kappa shape index (κ1) is 21.9. The monoisotopic (exact) mass is 293 g/mol. The molecular formula is C19H35NO. The van der Waals surface area contributed by atoms with E-state index in [1.165, 1.54) is 32.1 Å². The molecule has 1 aliphatic rings. The minimum atomic E-state index is 0.239. The van der Waals surface area contributed by atoms with Gasteiger partial charge in [-0.1, -0.05) is 78.5 Å². The lowest BCUT2D eigenvalue weighted by atomic mass is 10.1. The Balaban J connectivity index is 0. The fourth-order valence-corrected chi connectivity index (χ4v) is 1.92. The van der Waals surface area contributed by atoms with Crippen molar-refractivity contribution in [3.63, 3.8) is 0 Å². The summed E-state index contributed by atoms with van der Waals surface area (Å²) in [6.07, 6.45) is 9.16. The smallest absolute Gasteiger partial charge is 0.115 e. The number of hydrogen-bond donors (Lipinski definition) is 2. The van der Waals surface area contributed by atoms with Crippen LogP contribution in [0.4, 0.5) is 0 Å². The molecule has 1 saturated carbocycles. The standard InChI is InChI=1S/C10H13NO.C5H10.2C2H6/c1-3-11-8(2)9-4-6-10(12)7-5-9;1-2-4-5-3-1;2*1-2/h3-8,11-12H,1H2,2H3;1-5H2;2*1-2H3. The average molecular weight is 293 g/mol. The Morgan fingerprint density at radius 2 is 1.33 bits per heavy atom. The van der Waals surface area contributed by atoms with E-state index < -0.39 is 0 Å². The molecule has 0 heterocycles. The van der Waals surface area contributed by atoms with Crippen LogP contribution in [0.25, 0.3) is 0 Å². The molecule has 1 aromatic rings. The summed E-state index contributed by atoms with van der Waals surface area (Å²) in [5.74, 6) is 0.296. The van der Waals surface area contributed by atoms with Gasteiger partial charge in [-0.15, -0.1) is 0 Å². The number of hydrogen-bond acceptors (Lipinski definition) is 2. The molecule has 1 fully saturated rings. The Kier molecular flexibility index (Phi) is 17.3. The van der Waals surface area contributed by atoms with Gasteiger partial charge in [-0.3, -0.25) is 0 Å². The van der Waals surface area contributed by atoms with Crippen LogP contribution in [0.15, 0.2) is 37.0 Å². The highest BCUT2D eigenvalue weighted by Crippen LogP contribution is 2.16. The van der Waals surface area contributed by atoms with Crippen molar-refractivity contribution in [2.45, 2.75) is 72.8 Å². The van der Waals surface area contributed by atoms with E-state index in [1.807, 2.05) is 46.8 Å². The van der Waals surface area contributed by atoms with Crippen LogP contribution in [-0.4, -0.2) is 5.11 Å². The van der Waals surface area contributed by atoms with Gasteiger partial charge in [0.25, 0.3) is 0 Å². The summed E-state index contributed by atoms with van der Waals surface area (Å²) in [5, 5.41) is 12.1. The lowest BCUT2D eigenvalue weighted by Gasteiger charge is -2.11. The SMILES string of the molecule is C1CCCC1.C=CNC(C)c1ccc(O)cc1.CC.CC. The van der Waals surface area contributed by atoms with E-state index in [9.17, 15) is 0 Å². The molecule has 1 atom stereocenters. The molecule has 1 unspecified atom stereocenters. The molecule has 2 heteroatoms. The maximum absolute atomic E-state index is 9.03. The van der Waals surface area contributed by atoms with Crippen LogP contribution < -0.4 is 5.32 Å². The van der Waals surface area contributed by atoms with E-state index in [1.54, 1.807) is 18.3 Å². The van der Waals surface area contributed by atoms with E-state index in [4.69, 9.17) is 5.11 Å². The van der Waals surface area contributed by atoms with Crippen molar-refractivity contribution in [2.75, 3.05) is 0 Å². The highest BCUT2D eigenvalue weighted by Gasteiger charge is 2.00. The zero-order chi connectivity index (χ0) is 16.5. The Morgan fingerprint density at radius 3 is 1.67 bits per heavy atom. The summed E-state index contributed by atoms with van der Waals surface area (Å²) in [7, 11) is 0. The Hall–Kier alpha value is -1.44. The van der Waals surface area contributed by atoms with Crippen LogP contribution in [0, 0.1) is 0 Å². The van der Waals surface area contributed by atoms with Gasteiger partial charge in [0, 0.05) is 6.04 Å². The fourth-order valence-electron chi connectivity index (χ4n) is 1.92. The van der Waals surface area contributed by atoms with Crippen LogP contribution in [0.3, 0.4) is 0 Å². The van der Waals surface area contributed by atoms with Crippen molar-refractivity contribution in [1.29, 1.82) is 0 Å². The van der Waals surface area contributed by atoms with Gasteiger partial charge in [0.05, 0.1) is 0 Å². The Labute approximate surface area is 132 Å². The molecule has 2 nitrogen and oxygen atoms in total. The van der Waals surface area contributed by atoms with Crippen LogP contribution in [0.1, 0.15) is 78.3 Å². The maximum atomic E-state index is 9.03. The van der Waals surface area contributed by atoms with Gasteiger partial charge < -0.3 is 10.4 Å². The molecule has 0 aromatic heterocycles. The third kappa shape index (κ3) is 12.0. The molecule has 1 aliphatic carbocycles. The normalized spacial score (nSPS) is 13.2. The van der Waals surface area contributed by atoms with Gasteiger partial charge >= 0.3 is 0 Å². The van der Waals surface area contributed by atoms with Gasteiger partial charge in [0.1, 0.15) is 5.75 Å². The van der Waals surface area contributed by atoms with E-state index >= 15 is 0 Å². The molecule has 0 spiro atoms. The number of phenols is 1. The van der Waals surface area contributed by atoms with E-state index in [-0.39, 0.29) is 6.04 Å². The van der Waals surface area contributed by atoms with E-state index in [0.717, 1.165) is 5.56 Å². The zero-order valence-electron chi connectivity index (χ0n) is 14.7. The third-order valence-corrected chi connectivity index (χ3v) is 3.01. The first-order valence-electron chi connectivity index (χ1n) is 8.40. The molecule has 0 amide bonds. The van der Waals surface area contributed by atoms with Crippen molar-refractivity contribution in [3.05, 3.63) is 42.6 Å². The van der Waals surface area contributed by atoms with Gasteiger partial charge in [0.2, 0.25) is 0 Å². The summed E-state index contributed by atoms with van der Waals surface area (Å²) < 4.78 is 0. The van der Waals surface area contributed by atoms with Crippen LogP contribution in [0.5, 0.6) is 5.75 Å². The first-order valence-corrected chi connectivity index (χ1v) is 8.40. The summed E-state index contributed by atoms with van der Waals surface area (Å²) in [6, 6.07) is 7.36. The number of phenolic OH excluding ortho intramolecular Hbond substituents is 1. The highest BCUT2D eigenvalue weighted by atomic mass is 16.3. The van der Waals surface area contributed by atoms with Crippen LogP contribution >= 0.6 is 0 Å². The molecule has 0 aliphatic heterocycles. The van der Waals surface area contributed by atoms with Crippen molar-refractivity contribution >= 4 is 0 Å². The molecule has 0 bridgehead atoms. The second-order valence-corrected chi connectivity index (χ2v) is 4.45. The lowest BCUT2D eigenvalue weighted by Crippen LogP contribution is -2.10. The first-order chi connectivity index (χ1) is 10.2. The van der Waals surface area contributed by atoms with E-state index in [2.05, 4.69) is 11.9 Å². The summed E-state index contributed by atoms with van der Waals surface area (Å²) >= 11 is 0. The number of nitrogens with one attached hydrogen (secondary N) is 1. The molecular weight excluding hydrogens is 258 g/mol. The predicted molar refractivity (Wildman–Crippen MR) is 95.6 cm³/mol. The van der Waals surface area contributed by atoms with Crippen molar-refractivity contribution in [2.24, 2.45) is 0 Å². The summed E-state index contributed by atoms with van der Waals surface area (Å²) in [6.45, 7) is 13.6. The topological polar surface area (TPSA) is 32.3 Å². The number of aromatic hydroxyl groups is 1. The second kappa shape index (κ2) is 16.6. The molecule has 21 heavy (non-hydrogen) atoms. The van der Waals surface area contributed by atoms with Crippen LogP contribution in [0.2, 0.25) is 0 Å². The lowest BCUT2D eigenvalue weighted by molar-refractivity contribution is 0.474. The Morgan fingerprint density at radius 1 is 0.952 bits per heavy atom. The van der Waals surface area contributed by atoms with Crippen molar-refractivity contribution in [3.8, 4) is 5.75 Å². The van der Waals surface area contributed by atoms with Crippen LogP contribution in [-0.2, 0) is 0 Å². The average Bonchev–Trinajstić information content (AvgIpc) is 3.12. The Bertz CT molecular complexity index is 307. The van der Waals surface area contributed by atoms with Crippen molar-refractivity contribution in [1.82, 2.24) is 5.32 Å². The third-order valence-electron chi connectivity index (χ3n) is 3.01. The van der Waals surface area contributed by atoms with Crippen molar-refractivity contribution < 1.29 is 5.11 Å². The number of benzene rings is 1. The maximum Gasteiger partial charge on any atom is 0.115 e.